The average Bonchev–Trinajstić information content (AvgIpc) is 2.73. The Morgan fingerprint density at radius 1 is 0.571 bits per heavy atom. The number of anilines is 2. The maximum absolute atomic E-state index is 3.77. The van der Waals surface area contributed by atoms with Crippen LogP contribution in [-0.4, -0.2) is 38.1 Å². The molecule has 0 heterocycles. The Morgan fingerprint density at radius 3 is 1.06 bits per heavy atom. The first-order valence-electron chi connectivity index (χ1n) is 12.5. The molecule has 0 aliphatic heterocycles. The van der Waals surface area contributed by atoms with E-state index < -0.39 is 0 Å². The number of likely N-dealkylation sites (N-methyl/N-ethyl adjacent to an activating group) is 1. The van der Waals surface area contributed by atoms with Gasteiger partial charge in [-0.25, -0.2) is 0 Å². The average molecular weight is 656 g/mol. The van der Waals surface area contributed by atoms with E-state index in [4.69, 9.17) is 0 Å². The topological polar surface area (TPSA) is 27.3 Å². The molecule has 35 heavy (non-hydrogen) atoms. The van der Waals surface area contributed by atoms with E-state index >= 15 is 0 Å². The summed E-state index contributed by atoms with van der Waals surface area (Å²) in [6.07, 6.45) is 0. The van der Waals surface area contributed by atoms with Crippen LogP contribution in [0.3, 0.4) is 0 Å². The molecule has 6 heteroatoms. The second-order valence-corrected chi connectivity index (χ2v) is 10.4. The summed E-state index contributed by atoms with van der Waals surface area (Å²) >= 11 is 0. The van der Waals surface area contributed by atoms with Crippen LogP contribution in [0.1, 0.15) is 101 Å². The summed E-state index contributed by atoms with van der Waals surface area (Å²) in [5, 5.41) is 7.54. The van der Waals surface area contributed by atoms with Crippen LogP contribution < -0.4 is 44.6 Å². The number of nitrogens with zero attached hydrogens (tertiary/aromatic N) is 1. The first kappa shape index (κ1) is 36.6. The van der Waals surface area contributed by atoms with Crippen LogP contribution in [0.2, 0.25) is 0 Å². The van der Waals surface area contributed by atoms with Crippen LogP contribution >= 0.6 is 0 Å². The van der Waals surface area contributed by atoms with Crippen LogP contribution in [-0.2, 0) is 16.8 Å². The molecule has 0 saturated carbocycles. The fraction of sp³-hybridized carbons (Fsp3) is 0.586. The molecule has 0 aliphatic carbocycles. The summed E-state index contributed by atoms with van der Waals surface area (Å²) in [6.45, 7) is 22.2. The zero-order chi connectivity index (χ0) is 23.8. The summed E-state index contributed by atoms with van der Waals surface area (Å²) in [7, 11) is 2.22. The quantitative estimate of drug-likeness (QED) is 0.364. The number of rotatable bonds is 12. The molecule has 0 amide bonds. The van der Waals surface area contributed by atoms with Gasteiger partial charge in [0, 0.05) is 37.6 Å². The molecule has 0 spiro atoms. The van der Waals surface area contributed by atoms with Gasteiger partial charge in [-0.15, -0.1) is 0 Å². The van der Waals surface area contributed by atoms with Crippen LogP contribution in [0, 0.1) is 0 Å². The zero-order valence-electron chi connectivity index (χ0n) is 23.1. The number of hydrogen-bond acceptors (Lipinski definition) is 3. The molecule has 0 fully saturated rings. The maximum atomic E-state index is 3.77. The molecule has 201 valence electrons. The van der Waals surface area contributed by atoms with Gasteiger partial charge in [0.25, 0.3) is 0 Å². The van der Waals surface area contributed by atoms with E-state index in [9.17, 15) is 0 Å². The summed E-state index contributed by atoms with van der Waals surface area (Å²) in [5.41, 5.74) is 8.38. The molecule has 1 radical (unpaired) electrons. The van der Waals surface area contributed by atoms with Crippen molar-refractivity contribution in [3.63, 3.8) is 0 Å². The van der Waals surface area contributed by atoms with Gasteiger partial charge in [-0.05, 0) is 53.0 Å². The molecular formula is C29H47Br2CoN3. The van der Waals surface area contributed by atoms with Gasteiger partial charge in [0.2, 0.25) is 0 Å². The van der Waals surface area contributed by atoms with E-state index in [-0.39, 0.29) is 50.7 Å². The van der Waals surface area contributed by atoms with Crippen LogP contribution in [0.5, 0.6) is 0 Å². The first-order chi connectivity index (χ1) is 15.1. The minimum absolute atomic E-state index is 0. The largest absolute Gasteiger partial charge is 2.00 e. The first-order valence-corrected chi connectivity index (χ1v) is 12.5. The third-order valence-electron chi connectivity index (χ3n) is 6.34. The Balaban J connectivity index is 0. The molecule has 0 atom stereocenters. The van der Waals surface area contributed by atoms with E-state index in [2.05, 4.69) is 114 Å². The minimum Gasteiger partial charge on any atom is -1.00 e. The third-order valence-corrected chi connectivity index (χ3v) is 6.34. The Morgan fingerprint density at radius 2 is 0.829 bits per heavy atom. The van der Waals surface area contributed by atoms with Gasteiger partial charge in [-0.3, -0.25) is 0 Å². The van der Waals surface area contributed by atoms with Crippen molar-refractivity contribution >= 4 is 11.4 Å². The predicted molar refractivity (Wildman–Crippen MR) is 144 cm³/mol. The Bertz CT molecular complexity index is 732. The second-order valence-electron chi connectivity index (χ2n) is 10.4. The number of hydrogen-bond donors (Lipinski definition) is 2. The number of para-hydroxylation sites is 2. The van der Waals surface area contributed by atoms with E-state index in [1.807, 2.05) is 0 Å². The molecule has 0 aliphatic rings. The van der Waals surface area contributed by atoms with Crippen molar-refractivity contribution in [2.75, 3.05) is 43.9 Å². The molecule has 0 unspecified atom stereocenters. The van der Waals surface area contributed by atoms with Crippen molar-refractivity contribution in [1.82, 2.24) is 4.90 Å². The maximum Gasteiger partial charge on any atom is 2.00 e. The standard InChI is InChI=1S/C29H47N3.2BrH.Co/c1-20(2)24-12-10-13-25(21(3)4)28(24)30-16-18-32(9)19-17-31-29-26(22(5)6)14-11-15-27(29)23(7)8;;;/h10-15,20-23,30-31H,16-19H2,1-9H3;2*1H;/q;;;+2/p-2. The van der Waals surface area contributed by atoms with Crippen molar-refractivity contribution in [3.8, 4) is 0 Å². The van der Waals surface area contributed by atoms with E-state index in [0.29, 0.717) is 23.7 Å². The van der Waals surface area contributed by atoms with Crippen molar-refractivity contribution in [3.05, 3.63) is 58.7 Å². The molecule has 0 saturated heterocycles. The van der Waals surface area contributed by atoms with Crippen LogP contribution in [0.4, 0.5) is 11.4 Å². The number of benzene rings is 2. The van der Waals surface area contributed by atoms with Gasteiger partial charge < -0.3 is 49.5 Å². The minimum atomic E-state index is 0. The molecule has 2 aromatic carbocycles. The number of nitrogens with one attached hydrogen (secondary N) is 2. The van der Waals surface area contributed by atoms with Crippen LogP contribution in [0.25, 0.3) is 0 Å². The van der Waals surface area contributed by atoms with Gasteiger partial charge in [0.1, 0.15) is 0 Å². The Labute approximate surface area is 247 Å². The predicted octanol–water partition coefficient (Wildman–Crippen LogP) is 1.64. The van der Waals surface area contributed by atoms with Gasteiger partial charge in [0.05, 0.1) is 0 Å². The third kappa shape index (κ3) is 10.8. The van der Waals surface area contributed by atoms with E-state index in [1.54, 1.807) is 0 Å². The monoisotopic (exact) mass is 654 g/mol. The van der Waals surface area contributed by atoms with Crippen molar-refractivity contribution in [2.24, 2.45) is 0 Å². The normalized spacial score (nSPS) is 10.9. The zero-order valence-corrected chi connectivity index (χ0v) is 27.4. The van der Waals surface area contributed by atoms with Crippen molar-refractivity contribution in [2.45, 2.75) is 79.1 Å². The Kier molecular flexibility index (Phi) is 18.7. The van der Waals surface area contributed by atoms with Crippen LogP contribution in [0.15, 0.2) is 36.4 Å². The van der Waals surface area contributed by atoms with Crippen molar-refractivity contribution in [1.29, 1.82) is 0 Å². The fourth-order valence-electron chi connectivity index (χ4n) is 4.37. The number of halogens is 2. The summed E-state index contributed by atoms with van der Waals surface area (Å²) in [4.78, 5) is 2.42. The smallest absolute Gasteiger partial charge is 1.00 e. The molecule has 2 aromatic rings. The molecule has 2 N–H and O–H groups in total. The van der Waals surface area contributed by atoms with Crippen molar-refractivity contribution < 1.29 is 50.7 Å². The SMILES string of the molecule is CC(C)c1cccc(C(C)C)c1NCCN(C)CCNc1c(C(C)C)cccc1C(C)C.[Br-].[Br-].[Co+2]. The molecule has 0 bridgehead atoms. The molecular weight excluding hydrogens is 609 g/mol. The summed E-state index contributed by atoms with van der Waals surface area (Å²) in [6, 6.07) is 13.5. The molecule has 0 aromatic heterocycles. The summed E-state index contributed by atoms with van der Waals surface area (Å²) < 4.78 is 0. The van der Waals surface area contributed by atoms with Gasteiger partial charge in [-0.2, -0.15) is 0 Å². The Hall–Kier alpha value is -0.534. The van der Waals surface area contributed by atoms with Gasteiger partial charge >= 0.3 is 16.8 Å². The second kappa shape index (κ2) is 17.8. The fourth-order valence-corrected chi connectivity index (χ4v) is 4.37. The summed E-state index contributed by atoms with van der Waals surface area (Å²) in [5.74, 6) is 2.09. The molecule has 2 rings (SSSR count). The molecule has 3 nitrogen and oxygen atoms in total. The van der Waals surface area contributed by atoms with Gasteiger partial charge in [-0.1, -0.05) is 91.8 Å². The van der Waals surface area contributed by atoms with E-state index in [1.165, 1.54) is 33.6 Å². The van der Waals surface area contributed by atoms with Gasteiger partial charge in [0.15, 0.2) is 0 Å². The van der Waals surface area contributed by atoms with E-state index in [0.717, 1.165) is 26.2 Å².